The Labute approximate surface area is 180 Å². The molecule has 2 aromatic rings. The average molecular weight is 418 g/mol. The van der Waals surface area contributed by atoms with Crippen LogP contribution in [0, 0.1) is 6.92 Å². The highest BCUT2D eigenvalue weighted by molar-refractivity contribution is 6.11. The van der Waals surface area contributed by atoms with Crippen molar-refractivity contribution >= 4 is 29.2 Å². The molecule has 3 rings (SSSR count). The molecule has 1 N–H and O–H groups in total. The zero-order valence-corrected chi connectivity index (χ0v) is 17.4. The van der Waals surface area contributed by atoms with Gasteiger partial charge in [-0.1, -0.05) is 36.4 Å². The van der Waals surface area contributed by atoms with Crippen molar-refractivity contribution in [2.24, 2.45) is 0 Å². The molecule has 7 nitrogen and oxygen atoms in total. The summed E-state index contributed by atoms with van der Waals surface area (Å²) in [4.78, 5) is 39.6. The Bertz CT molecular complexity index is 1110. The van der Waals surface area contributed by atoms with Crippen LogP contribution >= 0.6 is 0 Å². The van der Waals surface area contributed by atoms with Crippen LogP contribution in [0.5, 0.6) is 0 Å². The maximum atomic E-state index is 13.1. The minimum absolute atomic E-state index is 0.00784. The maximum Gasteiger partial charge on any atom is 0.355 e. The standard InChI is InChI=1S/C24H22N2O5/c1-16-10-4-6-13-19(16)25-22(27)17-11-5-7-14-20(17)26-15-9-8-12-18(23(28)30-2)21(26)24(29)31-3/h4-15H,1-3H3,(H,25,27). The van der Waals surface area contributed by atoms with Gasteiger partial charge in [0.05, 0.1) is 31.0 Å². The van der Waals surface area contributed by atoms with Crippen LogP contribution in [0.3, 0.4) is 0 Å². The third kappa shape index (κ3) is 4.56. The molecule has 158 valence electrons. The molecule has 0 saturated carbocycles. The maximum absolute atomic E-state index is 13.1. The lowest BCUT2D eigenvalue weighted by Gasteiger charge is -2.25. The zero-order valence-electron chi connectivity index (χ0n) is 17.4. The third-order valence-electron chi connectivity index (χ3n) is 4.69. The molecule has 1 aliphatic rings. The number of allylic oxidation sites excluding steroid dienone is 2. The van der Waals surface area contributed by atoms with Gasteiger partial charge in [0.1, 0.15) is 5.70 Å². The monoisotopic (exact) mass is 418 g/mol. The van der Waals surface area contributed by atoms with Crippen molar-refractivity contribution < 1.29 is 23.9 Å². The van der Waals surface area contributed by atoms with Crippen LogP contribution in [-0.2, 0) is 19.1 Å². The molecule has 0 atom stereocenters. The number of benzene rings is 2. The van der Waals surface area contributed by atoms with Crippen molar-refractivity contribution in [2.75, 3.05) is 24.4 Å². The van der Waals surface area contributed by atoms with Crippen LogP contribution < -0.4 is 10.2 Å². The SMILES string of the molecule is COC(=O)C1=C(C(=O)OC)N(c2ccccc2C(=O)Nc2ccccc2C)C=CC=C1. The molecule has 1 heterocycles. The number of aryl methyl sites for hydroxylation is 1. The van der Waals surface area contributed by atoms with E-state index in [0.717, 1.165) is 5.56 Å². The second kappa shape index (κ2) is 9.58. The van der Waals surface area contributed by atoms with Crippen LogP contribution in [0.1, 0.15) is 15.9 Å². The molecule has 0 spiro atoms. The number of hydrogen-bond donors (Lipinski definition) is 1. The summed E-state index contributed by atoms with van der Waals surface area (Å²) >= 11 is 0. The Morgan fingerprint density at radius 2 is 1.55 bits per heavy atom. The molecule has 0 aliphatic carbocycles. The molecule has 1 amide bonds. The summed E-state index contributed by atoms with van der Waals surface area (Å²) < 4.78 is 9.75. The Hall–Kier alpha value is -4.13. The first-order valence-corrected chi connectivity index (χ1v) is 9.49. The number of ether oxygens (including phenoxy) is 2. The summed E-state index contributed by atoms with van der Waals surface area (Å²) in [6, 6.07) is 14.2. The van der Waals surface area contributed by atoms with Crippen molar-refractivity contribution in [3.63, 3.8) is 0 Å². The minimum Gasteiger partial charge on any atom is -0.465 e. The lowest BCUT2D eigenvalue weighted by molar-refractivity contribution is -0.139. The first kappa shape index (κ1) is 21.6. The normalized spacial score (nSPS) is 12.9. The second-order valence-electron chi connectivity index (χ2n) is 6.60. The molecule has 0 bridgehead atoms. The fourth-order valence-electron chi connectivity index (χ4n) is 3.13. The van der Waals surface area contributed by atoms with Crippen molar-refractivity contribution in [1.82, 2.24) is 0 Å². The summed E-state index contributed by atoms with van der Waals surface area (Å²) in [5.74, 6) is -1.81. The number of amides is 1. The third-order valence-corrected chi connectivity index (χ3v) is 4.69. The summed E-state index contributed by atoms with van der Waals surface area (Å²) in [6.45, 7) is 1.89. The van der Waals surface area contributed by atoms with Crippen LogP contribution in [0.4, 0.5) is 11.4 Å². The number of nitrogens with zero attached hydrogens (tertiary/aromatic N) is 1. The van der Waals surface area contributed by atoms with Crippen molar-refractivity contribution in [3.05, 3.63) is 95.4 Å². The smallest absolute Gasteiger partial charge is 0.355 e. The van der Waals surface area contributed by atoms with Gasteiger partial charge in [-0.15, -0.1) is 0 Å². The molecule has 0 unspecified atom stereocenters. The molecule has 7 heteroatoms. The van der Waals surface area contributed by atoms with Gasteiger partial charge in [-0.2, -0.15) is 0 Å². The van der Waals surface area contributed by atoms with Gasteiger partial charge in [-0.3, -0.25) is 4.79 Å². The highest BCUT2D eigenvalue weighted by atomic mass is 16.5. The van der Waals surface area contributed by atoms with Crippen LogP contribution in [0.25, 0.3) is 0 Å². The predicted molar refractivity (Wildman–Crippen MR) is 117 cm³/mol. The number of carbonyl (C=O) groups excluding carboxylic acids is 3. The van der Waals surface area contributed by atoms with Gasteiger partial charge in [0.15, 0.2) is 0 Å². The Morgan fingerprint density at radius 1 is 0.871 bits per heavy atom. The lowest BCUT2D eigenvalue weighted by Crippen LogP contribution is -2.28. The van der Waals surface area contributed by atoms with Gasteiger partial charge in [0, 0.05) is 11.9 Å². The first-order valence-electron chi connectivity index (χ1n) is 9.49. The zero-order chi connectivity index (χ0) is 22.4. The molecule has 1 aliphatic heterocycles. The predicted octanol–water partition coefficient (Wildman–Crippen LogP) is 3.74. The van der Waals surface area contributed by atoms with E-state index >= 15 is 0 Å². The topological polar surface area (TPSA) is 84.9 Å². The van der Waals surface area contributed by atoms with Gasteiger partial charge >= 0.3 is 11.9 Å². The minimum atomic E-state index is -0.745. The fourth-order valence-corrected chi connectivity index (χ4v) is 3.13. The molecule has 0 saturated heterocycles. The molecular formula is C24H22N2O5. The van der Waals surface area contributed by atoms with Gasteiger partial charge in [0.25, 0.3) is 5.91 Å². The fraction of sp³-hybridized carbons (Fsp3) is 0.125. The van der Waals surface area contributed by atoms with E-state index in [4.69, 9.17) is 9.47 Å². The number of hydrogen-bond acceptors (Lipinski definition) is 6. The molecule has 0 fully saturated rings. The number of methoxy groups -OCH3 is 2. The number of anilines is 2. The molecular weight excluding hydrogens is 396 g/mol. The largest absolute Gasteiger partial charge is 0.465 e. The summed E-state index contributed by atoms with van der Waals surface area (Å²) in [5, 5.41) is 2.90. The quantitative estimate of drug-likeness (QED) is 0.745. The molecule has 31 heavy (non-hydrogen) atoms. The molecule has 2 aromatic carbocycles. The van der Waals surface area contributed by atoms with E-state index in [1.165, 1.54) is 25.2 Å². The summed E-state index contributed by atoms with van der Waals surface area (Å²) in [6.07, 6.45) is 6.29. The van der Waals surface area contributed by atoms with E-state index in [-0.39, 0.29) is 17.2 Å². The van der Waals surface area contributed by atoms with E-state index in [2.05, 4.69) is 5.32 Å². The number of carbonyl (C=O) groups is 3. The van der Waals surface area contributed by atoms with Gasteiger partial charge in [0.2, 0.25) is 0 Å². The van der Waals surface area contributed by atoms with E-state index in [1.54, 1.807) is 48.7 Å². The number of para-hydroxylation sites is 2. The first-order chi connectivity index (χ1) is 15.0. The molecule has 0 radical (unpaired) electrons. The highest BCUT2D eigenvalue weighted by Crippen LogP contribution is 2.30. The lowest BCUT2D eigenvalue weighted by atomic mass is 10.1. The van der Waals surface area contributed by atoms with Gasteiger partial charge in [-0.25, -0.2) is 9.59 Å². The van der Waals surface area contributed by atoms with Gasteiger partial charge in [-0.05, 0) is 42.8 Å². The van der Waals surface area contributed by atoms with Gasteiger partial charge < -0.3 is 19.7 Å². The Kier molecular flexibility index (Phi) is 6.67. The Balaban J connectivity index is 2.11. The Morgan fingerprint density at radius 3 is 2.26 bits per heavy atom. The van der Waals surface area contributed by atoms with Crippen molar-refractivity contribution in [3.8, 4) is 0 Å². The molecule has 0 aromatic heterocycles. The summed E-state index contributed by atoms with van der Waals surface area (Å²) in [7, 11) is 2.45. The van der Waals surface area contributed by atoms with Crippen LogP contribution in [0.2, 0.25) is 0 Å². The average Bonchev–Trinajstić information content (AvgIpc) is 3.02. The van der Waals surface area contributed by atoms with Crippen molar-refractivity contribution in [2.45, 2.75) is 6.92 Å². The van der Waals surface area contributed by atoms with E-state index in [0.29, 0.717) is 16.9 Å². The number of rotatable bonds is 5. The number of nitrogens with one attached hydrogen (secondary N) is 1. The van der Waals surface area contributed by atoms with E-state index in [1.807, 2.05) is 25.1 Å². The highest BCUT2D eigenvalue weighted by Gasteiger charge is 2.29. The van der Waals surface area contributed by atoms with E-state index < -0.39 is 11.9 Å². The van der Waals surface area contributed by atoms with Crippen LogP contribution in [0.15, 0.2) is 84.2 Å². The summed E-state index contributed by atoms with van der Waals surface area (Å²) in [5.41, 5.74) is 2.24. The van der Waals surface area contributed by atoms with Crippen molar-refractivity contribution in [1.29, 1.82) is 0 Å². The van der Waals surface area contributed by atoms with Crippen LogP contribution in [-0.4, -0.2) is 32.1 Å². The number of esters is 2. The van der Waals surface area contributed by atoms with E-state index in [9.17, 15) is 14.4 Å². The second-order valence-corrected chi connectivity index (χ2v) is 6.60.